The average molecular weight is 386 g/mol. The molecule has 2 rings (SSSR count). The number of rotatable bonds is 9. The van der Waals surface area contributed by atoms with Crippen LogP contribution in [0.15, 0.2) is 48.5 Å². The average Bonchev–Trinajstić information content (AvgIpc) is 2.67. The summed E-state index contributed by atoms with van der Waals surface area (Å²) in [6.07, 6.45) is -0.343. The van der Waals surface area contributed by atoms with Gasteiger partial charge in [0.15, 0.2) is 6.10 Å². The van der Waals surface area contributed by atoms with Crippen molar-refractivity contribution in [1.82, 2.24) is 0 Å². The summed E-state index contributed by atoms with van der Waals surface area (Å²) < 4.78 is 16.5. The van der Waals surface area contributed by atoms with E-state index in [1.54, 1.807) is 6.92 Å². The van der Waals surface area contributed by atoms with Crippen LogP contribution in [-0.4, -0.2) is 37.0 Å². The van der Waals surface area contributed by atoms with Gasteiger partial charge in [-0.2, -0.15) is 0 Å². The summed E-state index contributed by atoms with van der Waals surface area (Å²) in [5, 5.41) is 8.82. The standard InChI is InChI=1S/C23H30O5/c1-5-26-22(25)21(16-17-6-10-19(11-7-17)27-15-14-24)28-20-12-8-18(9-13-20)23(2,3)4/h6-13,21,24H,5,14-16H2,1-4H3/t21-/m0/s1. The summed E-state index contributed by atoms with van der Waals surface area (Å²) in [7, 11) is 0. The number of carbonyl (C=O) groups is 1. The molecule has 0 aromatic heterocycles. The first-order chi connectivity index (χ1) is 13.3. The summed E-state index contributed by atoms with van der Waals surface area (Å²) in [5.41, 5.74) is 2.19. The second-order valence-corrected chi connectivity index (χ2v) is 7.55. The van der Waals surface area contributed by atoms with Gasteiger partial charge in [0, 0.05) is 6.42 Å². The molecule has 0 heterocycles. The molecule has 5 nitrogen and oxygen atoms in total. The monoisotopic (exact) mass is 386 g/mol. The van der Waals surface area contributed by atoms with Crippen LogP contribution in [0.5, 0.6) is 11.5 Å². The lowest BCUT2D eigenvalue weighted by Gasteiger charge is -2.21. The quantitative estimate of drug-likeness (QED) is 0.662. The van der Waals surface area contributed by atoms with Crippen LogP contribution in [0.4, 0.5) is 0 Å². The predicted octanol–water partition coefficient (Wildman–Crippen LogP) is 3.91. The van der Waals surface area contributed by atoms with E-state index < -0.39 is 6.10 Å². The van der Waals surface area contributed by atoms with Crippen molar-refractivity contribution in [2.45, 2.75) is 45.6 Å². The van der Waals surface area contributed by atoms with E-state index in [4.69, 9.17) is 19.3 Å². The molecule has 0 amide bonds. The van der Waals surface area contributed by atoms with E-state index in [0.717, 1.165) is 5.56 Å². The number of aliphatic hydroxyl groups excluding tert-OH is 1. The Labute approximate surface area is 167 Å². The molecule has 2 aromatic rings. The van der Waals surface area contributed by atoms with Crippen molar-refractivity contribution < 1.29 is 24.1 Å². The summed E-state index contributed by atoms with van der Waals surface area (Å²) >= 11 is 0. The van der Waals surface area contributed by atoms with Crippen molar-refractivity contribution in [1.29, 1.82) is 0 Å². The first-order valence-electron chi connectivity index (χ1n) is 9.60. The Morgan fingerprint density at radius 3 is 2.14 bits per heavy atom. The Kier molecular flexibility index (Phi) is 7.88. The molecule has 0 unspecified atom stereocenters. The lowest BCUT2D eigenvalue weighted by atomic mass is 9.87. The summed E-state index contributed by atoms with van der Waals surface area (Å²) in [5.74, 6) is 0.918. The van der Waals surface area contributed by atoms with Crippen molar-refractivity contribution in [2.24, 2.45) is 0 Å². The van der Waals surface area contributed by atoms with Gasteiger partial charge in [0.1, 0.15) is 18.1 Å². The van der Waals surface area contributed by atoms with Crippen LogP contribution in [0.3, 0.4) is 0 Å². The molecule has 28 heavy (non-hydrogen) atoms. The minimum absolute atomic E-state index is 0.0332. The fourth-order valence-electron chi connectivity index (χ4n) is 2.71. The van der Waals surface area contributed by atoms with Crippen LogP contribution in [0.2, 0.25) is 0 Å². The van der Waals surface area contributed by atoms with Gasteiger partial charge in [-0.3, -0.25) is 0 Å². The third-order valence-electron chi connectivity index (χ3n) is 4.25. The summed E-state index contributed by atoms with van der Waals surface area (Å²) in [6.45, 7) is 8.75. The Morgan fingerprint density at radius 1 is 1.00 bits per heavy atom. The van der Waals surface area contributed by atoms with Crippen LogP contribution in [0.1, 0.15) is 38.8 Å². The molecule has 0 saturated carbocycles. The molecule has 0 bridgehead atoms. The minimum atomic E-state index is -0.732. The zero-order chi connectivity index (χ0) is 20.6. The lowest BCUT2D eigenvalue weighted by molar-refractivity contribution is -0.151. The van der Waals surface area contributed by atoms with E-state index in [1.807, 2.05) is 48.5 Å². The fraction of sp³-hybridized carbons (Fsp3) is 0.435. The predicted molar refractivity (Wildman–Crippen MR) is 109 cm³/mol. The maximum absolute atomic E-state index is 12.4. The Bertz CT molecular complexity index is 729. The molecule has 0 aliphatic rings. The van der Waals surface area contributed by atoms with Crippen LogP contribution >= 0.6 is 0 Å². The zero-order valence-corrected chi connectivity index (χ0v) is 17.1. The Hall–Kier alpha value is -2.53. The number of carbonyl (C=O) groups excluding carboxylic acids is 1. The molecule has 2 aromatic carbocycles. The largest absolute Gasteiger partial charge is 0.491 e. The van der Waals surface area contributed by atoms with Gasteiger partial charge in [0.05, 0.1) is 13.2 Å². The Balaban J connectivity index is 2.10. The van der Waals surface area contributed by atoms with Gasteiger partial charge in [0.2, 0.25) is 0 Å². The highest BCUT2D eigenvalue weighted by atomic mass is 16.6. The van der Waals surface area contributed by atoms with Crippen molar-refractivity contribution in [3.05, 3.63) is 59.7 Å². The van der Waals surface area contributed by atoms with Gasteiger partial charge in [0.25, 0.3) is 0 Å². The smallest absolute Gasteiger partial charge is 0.347 e. The van der Waals surface area contributed by atoms with E-state index in [0.29, 0.717) is 24.5 Å². The van der Waals surface area contributed by atoms with E-state index in [2.05, 4.69) is 20.8 Å². The number of esters is 1. The van der Waals surface area contributed by atoms with Gasteiger partial charge in [-0.1, -0.05) is 45.0 Å². The van der Waals surface area contributed by atoms with Crippen molar-refractivity contribution in [3.63, 3.8) is 0 Å². The highest BCUT2D eigenvalue weighted by molar-refractivity contribution is 5.75. The molecular weight excluding hydrogens is 356 g/mol. The maximum Gasteiger partial charge on any atom is 0.347 e. The zero-order valence-electron chi connectivity index (χ0n) is 17.1. The van der Waals surface area contributed by atoms with Gasteiger partial charge in [-0.25, -0.2) is 4.79 Å². The van der Waals surface area contributed by atoms with Gasteiger partial charge in [-0.15, -0.1) is 0 Å². The van der Waals surface area contributed by atoms with E-state index >= 15 is 0 Å². The fourth-order valence-corrected chi connectivity index (χ4v) is 2.71. The molecule has 0 aliphatic heterocycles. The molecule has 0 radical (unpaired) electrons. The van der Waals surface area contributed by atoms with Gasteiger partial charge < -0.3 is 19.3 Å². The van der Waals surface area contributed by atoms with Crippen molar-refractivity contribution in [2.75, 3.05) is 19.8 Å². The second-order valence-electron chi connectivity index (χ2n) is 7.55. The molecule has 152 valence electrons. The molecule has 5 heteroatoms. The number of hydrogen-bond donors (Lipinski definition) is 1. The second kappa shape index (κ2) is 10.1. The summed E-state index contributed by atoms with van der Waals surface area (Å²) in [6, 6.07) is 15.2. The van der Waals surface area contributed by atoms with E-state index in [1.165, 1.54) is 5.56 Å². The topological polar surface area (TPSA) is 65.0 Å². The van der Waals surface area contributed by atoms with Gasteiger partial charge in [-0.05, 0) is 47.7 Å². The third kappa shape index (κ3) is 6.57. The number of ether oxygens (including phenoxy) is 3. The highest BCUT2D eigenvalue weighted by Gasteiger charge is 2.23. The van der Waals surface area contributed by atoms with Crippen LogP contribution < -0.4 is 9.47 Å². The molecule has 0 aliphatic carbocycles. The molecule has 0 spiro atoms. The normalized spacial score (nSPS) is 12.3. The molecular formula is C23H30O5. The van der Waals surface area contributed by atoms with Gasteiger partial charge >= 0.3 is 5.97 Å². The third-order valence-corrected chi connectivity index (χ3v) is 4.25. The van der Waals surface area contributed by atoms with Crippen LogP contribution in [0.25, 0.3) is 0 Å². The van der Waals surface area contributed by atoms with Crippen molar-refractivity contribution in [3.8, 4) is 11.5 Å². The molecule has 1 N–H and O–H groups in total. The number of aliphatic hydroxyl groups is 1. The van der Waals surface area contributed by atoms with Crippen LogP contribution in [-0.2, 0) is 21.4 Å². The summed E-state index contributed by atoms with van der Waals surface area (Å²) in [4.78, 5) is 12.4. The Morgan fingerprint density at radius 2 is 1.61 bits per heavy atom. The van der Waals surface area contributed by atoms with Crippen molar-refractivity contribution >= 4 is 5.97 Å². The molecule has 1 atom stereocenters. The number of benzene rings is 2. The maximum atomic E-state index is 12.4. The highest BCUT2D eigenvalue weighted by Crippen LogP contribution is 2.25. The molecule has 0 fully saturated rings. The lowest BCUT2D eigenvalue weighted by Crippen LogP contribution is -2.31. The van der Waals surface area contributed by atoms with Crippen LogP contribution in [0, 0.1) is 0 Å². The van der Waals surface area contributed by atoms with E-state index in [9.17, 15) is 4.79 Å². The molecule has 0 saturated heterocycles. The number of hydrogen-bond acceptors (Lipinski definition) is 5. The minimum Gasteiger partial charge on any atom is -0.491 e. The first kappa shape index (κ1) is 21.8. The van der Waals surface area contributed by atoms with E-state index in [-0.39, 0.29) is 24.6 Å². The first-order valence-corrected chi connectivity index (χ1v) is 9.60. The SMILES string of the molecule is CCOC(=O)[C@H](Cc1ccc(OCCO)cc1)Oc1ccc(C(C)(C)C)cc1.